The number of rotatable bonds is 2. The van der Waals surface area contributed by atoms with Crippen LogP contribution in [0.3, 0.4) is 0 Å². The number of hydrogen-bond acceptors (Lipinski definition) is 2. The van der Waals surface area contributed by atoms with Crippen molar-refractivity contribution in [3.8, 4) is 11.8 Å². The average molecular weight is 440 g/mol. The SMILES string of the molecule is O=C(C#Cc1ccc(C(F)(F)F)cc1)N1CCN(Cc2ccc(C(F)(F)F)cc2)CC1. The zero-order chi connectivity index (χ0) is 22.6. The zero-order valence-corrected chi connectivity index (χ0v) is 16.2. The van der Waals surface area contributed by atoms with Gasteiger partial charge in [-0.1, -0.05) is 18.1 Å². The minimum Gasteiger partial charge on any atom is -0.329 e. The number of piperazine rings is 1. The van der Waals surface area contributed by atoms with E-state index in [2.05, 4.69) is 11.8 Å². The Hall–Kier alpha value is -2.99. The first-order chi connectivity index (χ1) is 14.5. The Bertz CT molecular complexity index is 961. The van der Waals surface area contributed by atoms with E-state index in [1.807, 2.05) is 4.90 Å². The Labute approximate surface area is 175 Å². The number of benzene rings is 2. The summed E-state index contributed by atoms with van der Waals surface area (Å²) in [7, 11) is 0. The highest BCUT2D eigenvalue weighted by molar-refractivity contribution is 5.94. The first-order valence-corrected chi connectivity index (χ1v) is 9.39. The van der Waals surface area contributed by atoms with Crippen LogP contribution in [0, 0.1) is 11.8 Å². The average Bonchev–Trinajstić information content (AvgIpc) is 2.72. The van der Waals surface area contributed by atoms with Crippen LogP contribution in [0.25, 0.3) is 0 Å². The Balaban J connectivity index is 1.51. The van der Waals surface area contributed by atoms with Crippen LogP contribution in [-0.2, 0) is 23.7 Å². The van der Waals surface area contributed by atoms with Crippen LogP contribution < -0.4 is 0 Å². The van der Waals surface area contributed by atoms with Gasteiger partial charge in [0.05, 0.1) is 11.1 Å². The second kappa shape index (κ2) is 9.02. The summed E-state index contributed by atoms with van der Waals surface area (Å²) in [5.74, 6) is 4.60. The fourth-order valence-electron chi connectivity index (χ4n) is 3.11. The molecule has 1 fully saturated rings. The van der Waals surface area contributed by atoms with Crippen LogP contribution >= 0.6 is 0 Å². The number of carbonyl (C=O) groups excluding carboxylic acids is 1. The first-order valence-electron chi connectivity index (χ1n) is 9.39. The van der Waals surface area contributed by atoms with Crippen molar-refractivity contribution in [1.82, 2.24) is 9.80 Å². The summed E-state index contributed by atoms with van der Waals surface area (Å²) < 4.78 is 75.6. The maximum absolute atomic E-state index is 12.6. The largest absolute Gasteiger partial charge is 0.416 e. The van der Waals surface area contributed by atoms with Crippen LogP contribution in [0.4, 0.5) is 26.3 Å². The topological polar surface area (TPSA) is 23.6 Å². The van der Waals surface area contributed by atoms with Crippen LogP contribution in [0.2, 0.25) is 0 Å². The first kappa shape index (κ1) is 22.7. The van der Waals surface area contributed by atoms with Crippen LogP contribution in [-0.4, -0.2) is 41.9 Å². The molecule has 31 heavy (non-hydrogen) atoms. The van der Waals surface area contributed by atoms with Crippen molar-refractivity contribution in [3.05, 3.63) is 70.8 Å². The van der Waals surface area contributed by atoms with Crippen LogP contribution in [0.5, 0.6) is 0 Å². The van der Waals surface area contributed by atoms with E-state index in [1.54, 1.807) is 4.90 Å². The normalized spacial score (nSPS) is 15.4. The minimum absolute atomic E-state index is 0.308. The molecule has 0 spiro atoms. The van der Waals surface area contributed by atoms with E-state index in [-0.39, 0.29) is 0 Å². The number of carbonyl (C=O) groups is 1. The molecule has 9 heteroatoms. The molecule has 1 heterocycles. The molecule has 0 N–H and O–H groups in total. The lowest BCUT2D eigenvalue weighted by Gasteiger charge is -2.33. The summed E-state index contributed by atoms with van der Waals surface area (Å²) in [6.45, 7) is 2.35. The van der Waals surface area contributed by atoms with Gasteiger partial charge in [-0.2, -0.15) is 26.3 Å². The van der Waals surface area contributed by atoms with Gasteiger partial charge in [0.1, 0.15) is 0 Å². The predicted octanol–water partition coefficient (Wildman–Crippen LogP) is 4.42. The van der Waals surface area contributed by atoms with Gasteiger partial charge in [-0.05, 0) is 42.0 Å². The van der Waals surface area contributed by atoms with Crippen LogP contribution in [0.15, 0.2) is 48.5 Å². The van der Waals surface area contributed by atoms with E-state index < -0.39 is 29.4 Å². The molecule has 164 valence electrons. The number of alkyl halides is 6. The summed E-state index contributed by atoms with van der Waals surface area (Å²) in [5.41, 5.74) is -0.427. The van der Waals surface area contributed by atoms with E-state index in [0.717, 1.165) is 29.8 Å². The molecule has 0 saturated carbocycles. The van der Waals surface area contributed by atoms with Crippen molar-refractivity contribution in [2.45, 2.75) is 18.9 Å². The Kier molecular flexibility index (Phi) is 6.60. The van der Waals surface area contributed by atoms with Crippen molar-refractivity contribution in [3.63, 3.8) is 0 Å². The summed E-state index contributed by atoms with van der Waals surface area (Å²) >= 11 is 0. The van der Waals surface area contributed by atoms with Gasteiger partial charge >= 0.3 is 12.4 Å². The Morgan fingerprint density at radius 2 is 1.26 bits per heavy atom. The van der Waals surface area contributed by atoms with Gasteiger partial charge in [0, 0.05) is 44.2 Å². The maximum Gasteiger partial charge on any atom is 0.416 e. The van der Waals surface area contributed by atoms with E-state index in [0.29, 0.717) is 38.3 Å². The summed E-state index contributed by atoms with van der Waals surface area (Å²) in [6.07, 6.45) is -8.80. The zero-order valence-electron chi connectivity index (χ0n) is 16.2. The Morgan fingerprint density at radius 1 is 0.774 bits per heavy atom. The van der Waals surface area contributed by atoms with Gasteiger partial charge < -0.3 is 4.90 Å². The third-order valence-corrected chi connectivity index (χ3v) is 4.87. The molecule has 0 bridgehead atoms. The molecule has 0 atom stereocenters. The smallest absolute Gasteiger partial charge is 0.329 e. The standard InChI is InChI=1S/C22H18F6N2O/c23-21(24,25)18-6-1-16(2-7-18)5-10-20(31)30-13-11-29(12-14-30)15-17-3-8-19(9-4-17)22(26,27)28/h1-4,6-9H,11-15H2. The van der Waals surface area contributed by atoms with Crippen molar-refractivity contribution < 1.29 is 31.1 Å². The van der Waals surface area contributed by atoms with E-state index in [4.69, 9.17) is 0 Å². The van der Waals surface area contributed by atoms with Gasteiger partial charge in [-0.3, -0.25) is 9.69 Å². The van der Waals surface area contributed by atoms with E-state index in [9.17, 15) is 31.1 Å². The molecule has 1 aliphatic heterocycles. The van der Waals surface area contributed by atoms with Gasteiger partial charge in [0.2, 0.25) is 0 Å². The quantitative estimate of drug-likeness (QED) is 0.510. The predicted molar refractivity (Wildman–Crippen MR) is 102 cm³/mol. The molecule has 3 nitrogen and oxygen atoms in total. The number of amides is 1. The second-order valence-corrected chi connectivity index (χ2v) is 7.09. The lowest BCUT2D eigenvalue weighted by atomic mass is 10.1. The monoisotopic (exact) mass is 440 g/mol. The molecule has 0 radical (unpaired) electrons. The lowest BCUT2D eigenvalue weighted by molar-refractivity contribution is -0.138. The molecule has 1 amide bonds. The molecule has 1 saturated heterocycles. The van der Waals surface area contributed by atoms with Crippen molar-refractivity contribution in [2.24, 2.45) is 0 Å². The summed E-state index contributed by atoms with van der Waals surface area (Å²) in [6, 6.07) is 9.23. The molecule has 3 rings (SSSR count). The van der Waals surface area contributed by atoms with E-state index in [1.165, 1.54) is 24.3 Å². The minimum atomic E-state index is -4.43. The molecule has 0 aromatic heterocycles. The third-order valence-electron chi connectivity index (χ3n) is 4.87. The van der Waals surface area contributed by atoms with Crippen molar-refractivity contribution in [2.75, 3.05) is 26.2 Å². The molecule has 1 aliphatic rings. The lowest BCUT2D eigenvalue weighted by Crippen LogP contribution is -2.47. The summed E-state index contributed by atoms with van der Waals surface area (Å²) in [5, 5.41) is 0. The van der Waals surface area contributed by atoms with E-state index >= 15 is 0 Å². The highest BCUT2D eigenvalue weighted by Gasteiger charge is 2.30. The highest BCUT2D eigenvalue weighted by atomic mass is 19.4. The van der Waals surface area contributed by atoms with Gasteiger partial charge in [-0.15, -0.1) is 0 Å². The van der Waals surface area contributed by atoms with Gasteiger partial charge in [-0.25, -0.2) is 0 Å². The number of hydrogen-bond donors (Lipinski definition) is 0. The van der Waals surface area contributed by atoms with Crippen LogP contribution in [0.1, 0.15) is 22.3 Å². The number of halogens is 6. The summed E-state index contributed by atoms with van der Waals surface area (Å²) in [4.78, 5) is 15.8. The molecular formula is C22H18F6N2O. The van der Waals surface area contributed by atoms with Gasteiger partial charge in [0.15, 0.2) is 0 Å². The molecule has 2 aromatic rings. The van der Waals surface area contributed by atoms with Crippen molar-refractivity contribution >= 4 is 5.91 Å². The molecule has 2 aromatic carbocycles. The molecule has 0 aliphatic carbocycles. The molecular weight excluding hydrogens is 422 g/mol. The van der Waals surface area contributed by atoms with Gasteiger partial charge in [0.25, 0.3) is 5.91 Å². The third kappa shape index (κ3) is 6.25. The maximum atomic E-state index is 12.6. The number of nitrogens with zero attached hydrogens (tertiary/aromatic N) is 2. The molecule has 0 unspecified atom stereocenters. The highest BCUT2D eigenvalue weighted by Crippen LogP contribution is 2.30. The fourth-order valence-corrected chi connectivity index (χ4v) is 3.11. The Morgan fingerprint density at radius 3 is 1.74 bits per heavy atom. The fraction of sp³-hybridized carbons (Fsp3) is 0.318. The van der Waals surface area contributed by atoms with Crippen molar-refractivity contribution in [1.29, 1.82) is 0 Å². The second-order valence-electron chi connectivity index (χ2n) is 7.09.